The Kier molecular flexibility index (Phi) is 6.35. The van der Waals surface area contributed by atoms with Crippen LogP contribution in [0, 0.1) is 46.3 Å². The van der Waals surface area contributed by atoms with E-state index >= 15 is 0 Å². The third-order valence-corrected chi connectivity index (χ3v) is 10.6. The molecule has 3 unspecified atom stereocenters. The first-order valence-electron chi connectivity index (χ1n) is 13.0. The summed E-state index contributed by atoms with van der Waals surface area (Å²) < 4.78 is 6.02. The first-order chi connectivity index (χ1) is 14.6. The van der Waals surface area contributed by atoms with Crippen molar-refractivity contribution >= 4 is 11.8 Å². The Morgan fingerprint density at radius 1 is 0.935 bits per heavy atom. The standard InChI is InChI=1S/C27H45NO3/c1-16(2)24(28-6)25(30)31-19-11-13-26(4)18(15-19)7-8-20-22-10-9-21(17(3)29)27(22,5)14-12-23(20)26/h16,18-24,28H,7-15H2,1-6H3/t18-,19+,20?,21-,22?,23?,24+,26+,27-/m1/s1. The molecule has 4 aliphatic carbocycles. The highest BCUT2D eigenvalue weighted by molar-refractivity contribution is 5.79. The summed E-state index contributed by atoms with van der Waals surface area (Å²) in [7, 11) is 1.85. The lowest BCUT2D eigenvalue weighted by atomic mass is 9.44. The van der Waals surface area contributed by atoms with Gasteiger partial charge < -0.3 is 10.1 Å². The van der Waals surface area contributed by atoms with Crippen LogP contribution < -0.4 is 5.32 Å². The summed E-state index contributed by atoms with van der Waals surface area (Å²) >= 11 is 0. The fourth-order valence-corrected chi connectivity index (χ4v) is 8.95. The maximum Gasteiger partial charge on any atom is 0.323 e. The fourth-order valence-electron chi connectivity index (χ4n) is 8.95. The van der Waals surface area contributed by atoms with Gasteiger partial charge in [-0.15, -0.1) is 0 Å². The Balaban J connectivity index is 1.44. The van der Waals surface area contributed by atoms with Crippen LogP contribution in [0.4, 0.5) is 0 Å². The Labute approximate surface area is 189 Å². The molecule has 4 saturated carbocycles. The highest BCUT2D eigenvalue weighted by Crippen LogP contribution is 2.67. The number of likely N-dealkylation sites (N-methyl/N-ethyl adjacent to an activating group) is 1. The van der Waals surface area contributed by atoms with Gasteiger partial charge in [0.2, 0.25) is 0 Å². The van der Waals surface area contributed by atoms with E-state index in [2.05, 4.69) is 33.0 Å². The van der Waals surface area contributed by atoms with Crippen molar-refractivity contribution in [2.45, 2.75) is 105 Å². The molecule has 1 N–H and O–H groups in total. The first kappa shape index (κ1) is 23.3. The molecule has 0 saturated heterocycles. The smallest absolute Gasteiger partial charge is 0.323 e. The Bertz CT molecular complexity index is 705. The summed E-state index contributed by atoms with van der Waals surface area (Å²) in [5.74, 6) is 3.85. The number of Topliss-reactive ketones (excluding diaryl/α,β-unsaturated/α-hetero) is 1. The summed E-state index contributed by atoms with van der Waals surface area (Å²) in [5, 5.41) is 3.13. The SMILES string of the molecule is CN[C@H](C(=O)O[C@H]1CC[C@]2(C)C3CC[C@@]4(C)C(CC[C@@H]4C(C)=O)C3CC[C@@H]2C1)C(C)C. The van der Waals surface area contributed by atoms with Crippen molar-refractivity contribution in [3.8, 4) is 0 Å². The number of ketones is 1. The summed E-state index contributed by atoms with van der Waals surface area (Å²) in [5.41, 5.74) is 0.615. The van der Waals surface area contributed by atoms with Crippen LogP contribution in [0.1, 0.15) is 92.4 Å². The van der Waals surface area contributed by atoms with E-state index < -0.39 is 0 Å². The quantitative estimate of drug-likeness (QED) is 0.593. The molecule has 0 aromatic carbocycles. The molecule has 0 spiro atoms. The molecule has 0 aromatic rings. The van der Waals surface area contributed by atoms with Crippen molar-refractivity contribution in [3.05, 3.63) is 0 Å². The van der Waals surface area contributed by atoms with Gasteiger partial charge in [0.15, 0.2) is 0 Å². The Morgan fingerprint density at radius 3 is 2.26 bits per heavy atom. The topological polar surface area (TPSA) is 55.4 Å². The van der Waals surface area contributed by atoms with Crippen LogP contribution in [-0.4, -0.2) is 30.9 Å². The molecule has 0 radical (unpaired) electrons. The van der Waals surface area contributed by atoms with E-state index in [1.54, 1.807) is 0 Å². The van der Waals surface area contributed by atoms with Gasteiger partial charge >= 0.3 is 5.97 Å². The number of hydrogen-bond acceptors (Lipinski definition) is 4. The van der Waals surface area contributed by atoms with Gasteiger partial charge in [0.1, 0.15) is 17.9 Å². The zero-order valence-corrected chi connectivity index (χ0v) is 20.7. The van der Waals surface area contributed by atoms with Gasteiger partial charge in [-0.2, -0.15) is 0 Å². The lowest BCUT2D eigenvalue weighted by Gasteiger charge is -2.61. The highest BCUT2D eigenvalue weighted by atomic mass is 16.5. The zero-order valence-electron chi connectivity index (χ0n) is 20.7. The number of hydrogen-bond donors (Lipinski definition) is 1. The van der Waals surface area contributed by atoms with Gasteiger partial charge in [-0.3, -0.25) is 9.59 Å². The molecule has 9 atom stereocenters. The molecule has 4 nitrogen and oxygen atoms in total. The largest absolute Gasteiger partial charge is 0.461 e. The molecule has 4 fully saturated rings. The number of carbonyl (C=O) groups excluding carboxylic acids is 2. The number of nitrogens with one attached hydrogen (secondary N) is 1. The minimum atomic E-state index is -0.211. The van der Waals surface area contributed by atoms with Crippen molar-refractivity contribution in [1.82, 2.24) is 5.32 Å². The molecule has 176 valence electrons. The second kappa shape index (κ2) is 8.47. The van der Waals surface area contributed by atoms with Crippen molar-refractivity contribution < 1.29 is 14.3 Å². The minimum absolute atomic E-state index is 0.0746. The molecule has 4 aliphatic rings. The number of fused-ring (bicyclic) bond motifs is 5. The summed E-state index contributed by atoms with van der Waals surface area (Å²) in [6.45, 7) is 10.9. The molecule has 0 aliphatic heterocycles. The number of esters is 1. The minimum Gasteiger partial charge on any atom is -0.461 e. The third-order valence-electron chi connectivity index (χ3n) is 10.6. The van der Waals surface area contributed by atoms with E-state index in [9.17, 15) is 9.59 Å². The average Bonchev–Trinajstić information content (AvgIpc) is 3.06. The molecule has 0 aromatic heterocycles. The first-order valence-corrected chi connectivity index (χ1v) is 13.0. The normalized spacial score (nSPS) is 45.4. The number of ether oxygens (including phenoxy) is 1. The van der Waals surface area contributed by atoms with Crippen molar-refractivity contribution in [3.63, 3.8) is 0 Å². The summed E-state index contributed by atoms with van der Waals surface area (Å²) in [4.78, 5) is 25.0. The van der Waals surface area contributed by atoms with Gasteiger partial charge in [0, 0.05) is 5.92 Å². The average molecular weight is 432 g/mol. The Morgan fingerprint density at radius 2 is 1.61 bits per heavy atom. The predicted molar refractivity (Wildman–Crippen MR) is 123 cm³/mol. The van der Waals surface area contributed by atoms with Gasteiger partial charge in [-0.05, 0) is 112 Å². The molecular weight excluding hydrogens is 386 g/mol. The summed E-state index contributed by atoms with van der Waals surface area (Å²) in [6.07, 6.45) is 10.8. The van der Waals surface area contributed by atoms with Gasteiger partial charge in [0.05, 0.1) is 0 Å². The van der Waals surface area contributed by atoms with Crippen LogP contribution in [0.2, 0.25) is 0 Å². The van der Waals surface area contributed by atoms with Gasteiger partial charge in [-0.1, -0.05) is 27.7 Å². The molecule has 0 heterocycles. The lowest BCUT2D eigenvalue weighted by Crippen LogP contribution is -2.54. The monoisotopic (exact) mass is 431 g/mol. The third kappa shape index (κ3) is 3.79. The second-order valence-electron chi connectivity index (χ2n) is 12.3. The molecule has 4 rings (SSSR count). The second-order valence-corrected chi connectivity index (χ2v) is 12.3. The van der Waals surface area contributed by atoms with Crippen molar-refractivity contribution in [2.24, 2.45) is 46.3 Å². The van der Waals surface area contributed by atoms with Crippen LogP contribution >= 0.6 is 0 Å². The molecule has 4 heteroatoms. The zero-order chi connectivity index (χ0) is 22.6. The highest BCUT2D eigenvalue weighted by Gasteiger charge is 2.61. The van der Waals surface area contributed by atoms with Crippen molar-refractivity contribution in [1.29, 1.82) is 0 Å². The fraction of sp³-hybridized carbons (Fsp3) is 0.926. The molecular formula is C27H45NO3. The van der Waals surface area contributed by atoms with E-state index in [1.807, 2.05) is 14.0 Å². The van der Waals surface area contributed by atoms with E-state index in [-0.39, 0.29) is 29.4 Å². The van der Waals surface area contributed by atoms with E-state index in [0.29, 0.717) is 23.0 Å². The van der Waals surface area contributed by atoms with Crippen molar-refractivity contribution in [2.75, 3.05) is 7.05 Å². The molecule has 31 heavy (non-hydrogen) atoms. The van der Waals surface area contributed by atoms with E-state index in [0.717, 1.165) is 37.0 Å². The lowest BCUT2D eigenvalue weighted by molar-refractivity contribution is -0.166. The van der Waals surface area contributed by atoms with Crippen LogP contribution in [-0.2, 0) is 14.3 Å². The van der Waals surface area contributed by atoms with Gasteiger partial charge in [-0.25, -0.2) is 0 Å². The van der Waals surface area contributed by atoms with E-state index in [4.69, 9.17) is 4.74 Å². The van der Waals surface area contributed by atoms with Crippen LogP contribution in [0.25, 0.3) is 0 Å². The van der Waals surface area contributed by atoms with Crippen LogP contribution in [0.5, 0.6) is 0 Å². The maximum absolute atomic E-state index is 12.7. The Hall–Kier alpha value is -0.900. The molecule has 0 bridgehead atoms. The molecule has 0 amide bonds. The summed E-state index contributed by atoms with van der Waals surface area (Å²) in [6, 6.07) is -0.211. The van der Waals surface area contributed by atoms with E-state index in [1.165, 1.54) is 38.5 Å². The number of rotatable bonds is 5. The van der Waals surface area contributed by atoms with Crippen LogP contribution in [0.3, 0.4) is 0 Å². The van der Waals surface area contributed by atoms with Crippen LogP contribution in [0.15, 0.2) is 0 Å². The maximum atomic E-state index is 12.7. The number of carbonyl (C=O) groups is 2. The predicted octanol–water partition coefficient (Wildman–Crippen LogP) is 5.39. The van der Waals surface area contributed by atoms with Gasteiger partial charge in [0.25, 0.3) is 0 Å².